The number of para-hydroxylation sites is 1. The van der Waals surface area contributed by atoms with Gasteiger partial charge in [-0.3, -0.25) is 0 Å². The highest BCUT2D eigenvalue weighted by molar-refractivity contribution is 5.86. The smallest absolute Gasteiger partial charge is 0.230 e. The molecule has 0 amide bonds. The van der Waals surface area contributed by atoms with Crippen molar-refractivity contribution in [3.05, 3.63) is 65.9 Å². The van der Waals surface area contributed by atoms with E-state index in [2.05, 4.69) is 29.1 Å². The van der Waals surface area contributed by atoms with Gasteiger partial charge in [0.25, 0.3) is 0 Å². The molecule has 0 unspecified atom stereocenters. The summed E-state index contributed by atoms with van der Waals surface area (Å²) in [4.78, 5) is 4.64. The molecule has 2 aromatic carbocycles. The molecule has 0 aliphatic rings. The van der Waals surface area contributed by atoms with Crippen LogP contribution in [0.3, 0.4) is 0 Å². The fourth-order valence-electron chi connectivity index (χ4n) is 2.73. The first-order chi connectivity index (χ1) is 11.2. The average molecular weight is 303 g/mol. The van der Waals surface area contributed by atoms with Crippen LogP contribution in [0.2, 0.25) is 0 Å². The lowest BCUT2D eigenvalue weighted by Crippen LogP contribution is -1.97. The van der Waals surface area contributed by atoms with Crippen molar-refractivity contribution in [2.45, 2.75) is 20.3 Å². The normalized spacial score (nSPS) is 11.2. The Kier molecular flexibility index (Phi) is 3.23. The first-order valence-electron chi connectivity index (χ1n) is 7.76. The Morgan fingerprint density at radius 2 is 1.83 bits per heavy atom. The van der Waals surface area contributed by atoms with Gasteiger partial charge in [-0.2, -0.15) is 10.1 Å². The summed E-state index contributed by atoms with van der Waals surface area (Å²) >= 11 is 0. The number of benzene rings is 2. The molecule has 0 saturated carbocycles. The quantitative estimate of drug-likeness (QED) is 0.557. The summed E-state index contributed by atoms with van der Waals surface area (Å²) < 4.78 is 7.92. The Labute approximate surface area is 134 Å². The SMILES string of the molecule is CCc1ccc(Oc2nc3cc(C)nn3c3ccccc23)cc1. The molecular weight excluding hydrogens is 286 g/mol. The van der Waals surface area contributed by atoms with E-state index in [1.54, 1.807) is 0 Å². The first-order valence-corrected chi connectivity index (χ1v) is 7.76. The predicted molar refractivity (Wildman–Crippen MR) is 91.1 cm³/mol. The summed E-state index contributed by atoms with van der Waals surface area (Å²) in [5.41, 5.74) is 4.01. The number of ether oxygens (including phenoxy) is 1. The molecule has 0 bridgehead atoms. The third-order valence-electron chi connectivity index (χ3n) is 3.94. The maximum absolute atomic E-state index is 6.06. The van der Waals surface area contributed by atoms with Crippen molar-refractivity contribution in [1.82, 2.24) is 14.6 Å². The van der Waals surface area contributed by atoms with E-state index >= 15 is 0 Å². The van der Waals surface area contributed by atoms with Crippen molar-refractivity contribution in [3.8, 4) is 11.6 Å². The number of rotatable bonds is 3. The fraction of sp³-hybridized carbons (Fsp3) is 0.158. The number of nitrogens with zero attached hydrogens (tertiary/aromatic N) is 3. The zero-order valence-electron chi connectivity index (χ0n) is 13.2. The van der Waals surface area contributed by atoms with E-state index in [4.69, 9.17) is 4.74 Å². The number of aryl methyl sites for hydroxylation is 2. The van der Waals surface area contributed by atoms with Crippen LogP contribution >= 0.6 is 0 Å². The minimum Gasteiger partial charge on any atom is -0.438 e. The second kappa shape index (κ2) is 5.39. The highest BCUT2D eigenvalue weighted by atomic mass is 16.5. The molecular formula is C19H17N3O. The highest BCUT2D eigenvalue weighted by Gasteiger charge is 2.11. The number of hydrogen-bond acceptors (Lipinski definition) is 3. The third-order valence-corrected chi connectivity index (χ3v) is 3.94. The monoisotopic (exact) mass is 303 g/mol. The maximum atomic E-state index is 6.06. The summed E-state index contributed by atoms with van der Waals surface area (Å²) in [6.45, 7) is 4.11. The summed E-state index contributed by atoms with van der Waals surface area (Å²) in [5.74, 6) is 1.40. The van der Waals surface area contributed by atoms with Crippen molar-refractivity contribution in [1.29, 1.82) is 0 Å². The van der Waals surface area contributed by atoms with Gasteiger partial charge in [0, 0.05) is 6.07 Å². The van der Waals surface area contributed by atoms with E-state index in [9.17, 15) is 0 Å². The van der Waals surface area contributed by atoms with E-state index in [0.29, 0.717) is 5.88 Å². The molecule has 0 saturated heterocycles. The van der Waals surface area contributed by atoms with E-state index in [1.807, 2.05) is 53.9 Å². The van der Waals surface area contributed by atoms with Gasteiger partial charge in [-0.05, 0) is 43.2 Å². The lowest BCUT2D eigenvalue weighted by atomic mass is 10.2. The van der Waals surface area contributed by atoms with Crippen LogP contribution in [0.5, 0.6) is 11.6 Å². The largest absolute Gasteiger partial charge is 0.438 e. The minimum atomic E-state index is 0.609. The van der Waals surface area contributed by atoms with Crippen LogP contribution in [0.4, 0.5) is 0 Å². The van der Waals surface area contributed by atoms with Gasteiger partial charge in [-0.1, -0.05) is 31.2 Å². The van der Waals surface area contributed by atoms with Gasteiger partial charge in [0.2, 0.25) is 5.88 Å². The Morgan fingerprint density at radius 3 is 2.61 bits per heavy atom. The molecule has 0 fully saturated rings. The standard InChI is InChI=1S/C19H17N3O/c1-3-14-8-10-15(11-9-14)23-19-16-6-4-5-7-17(16)22-18(20-19)12-13(2)21-22/h4-12H,3H2,1-2H3. The number of fused-ring (bicyclic) bond motifs is 3. The van der Waals surface area contributed by atoms with Crippen molar-refractivity contribution in [2.75, 3.05) is 0 Å². The summed E-state index contributed by atoms with van der Waals surface area (Å²) in [6, 6.07) is 18.1. The highest BCUT2D eigenvalue weighted by Crippen LogP contribution is 2.29. The summed E-state index contributed by atoms with van der Waals surface area (Å²) in [7, 11) is 0. The van der Waals surface area contributed by atoms with Crippen molar-refractivity contribution in [2.24, 2.45) is 0 Å². The van der Waals surface area contributed by atoms with Crippen molar-refractivity contribution < 1.29 is 4.74 Å². The Morgan fingerprint density at radius 1 is 1.04 bits per heavy atom. The van der Waals surface area contributed by atoms with Gasteiger partial charge in [0.05, 0.1) is 16.6 Å². The van der Waals surface area contributed by atoms with Gasteiger partial charge < -0.3 is 4.74 Å². The molecule has 2 aromatic heterocycles. The zero-order valence-corrected chi connectivity index (χ0v) is 13.2. The Balaban J connectivity index is 1.86. The summed E-state index contributed by atoms with van der Waals surface area (Å²) in [5, 5.41) is 5.46. The van der Waals surface area contributed by atoms with Gasteiger partial charge >= 0.3 is 0 Å². The summed E-state index contributed by atoms with van der Waals surface area (Å²) in [6.07, 6.45) is 1.02. The van der Waals surface area contributed by atoms with Crippen LogP contribution in [0.1, 0.15) is 18.2 Å². The molecule has 23 heavy (non-hydrogen) atoms. The molecule has 4 aromatic rings. The lowest BCUT2D eigenvalue weighted by Gasteiger charge is -2.09. The third kappa shape index (κ3) is 2.42. The predicted octanol–water partition coefficient (Wildman–Crippen LogP) is 4.55. The van der Waals surface area contributed by atoms with E-state index in [0.717, 1.165) is 34.4 Å². The molecule has 0 spiro atoms. The molecule has 4 heteroatoms. The molecule has 0 N–H and O–H groups in total. The van der Waals surface area contributed by atoms with Gasteiger partial charge in [-0.25, -0.2) is 4.52 Å². The van der Waals surface area contributed by atoms with Crippen molar-refractivity contribution in [3.63, 3.8) is 0 Å². The molecule has 4 nitrogen and oxygen atoms in total. The Hall–Kier alpha value is -2.88. The molecule has 0 aliphatic carbocycles. The topological polar surface area (TPSA) is 39.4 Å². The van der Waals surface area contributed by atoms with Crippen LogP contribution in [-0.2, 0) is 6.42 Å². The van der Waals surface area contributed by atoms with Crippen LogP contribution in [0, 0.1) is 6.92 Å². The van der Waals surface area contributed by atoms with Gasteiger partial charge in [0.15, 0.2) is 5.65 Å². The van der Waals surface area contributed by atoms with E-state index in [-0.39, 0.29) is 0 Å². The average Bonchev–Trinajstić information content (AvgIpc) is 2.96. The molecule has 0 aliphatic heterocycles. The van der Waals surface area contributed by atoms with Crippen LogP contribution in [-0.4, -0.2) is 14.6 Å². The van der Waals surface area contributed by atoms with Crippen molar-refractivity contribution >= 4 is 16.6 Å². The second-order valence-electron chi connectivity index (χ2n) is 5.59. The van der Waals surface area contributed by atoms with E-state index in [1.165, 1.54) is 5.56 Å². The zero-order chi connectivity index (χ0) is 15.8. The Bertz CT molecular complexity index is 987. The van der Waals surface area contributed by atoms with Crippen LogP contribution < -0.4 is 4.74 Å². The lowest BCUT2D eigenvalue weighted by molar-refractivity contribution is 0.469. The molecule has 114 valence electrons. The second-order valence-corrected chi connectivity index (χ2v) is 5.59. The molecule has 0 radical (unpaired) electrons. The molecule has 0 atom stereocenters. The van der Waals surface area contributed by atoms with Gasteiger partial charge in [-0.15, -0.1) is 0 Å². The maximum Gasteiger partial charge on any atom is 0.230 e. The fourth-order valence-corrected chi connectivity index (χ4v) is 2.73. The van der Waals surface area contributed by atoms with Gasteiger partial charge in [0.1, 0.15) is 5.75 Å². The minimum absolute atomic E-state index is 0.609. The molecule has 4 rings (SSSR count). The van der Waals surface area contributed by atoms with E-state index < -0.39 is 0 Å². The molecule has 2 heterocycles. The van der Waals surface area contributed by atoms with Crippen LogP contribution in [0.15, 0.2) is 54.6 Å². The number of hydrogen-bond donors (Lipinski definition) is 0. The first kappa shape index (κ1) is 13.8. The van der Waals surface area contributed by atoms with Crippen LogP contribution in [0.25, 0.3) is 16.6 Å². The number of aromatic nitrogens is 3.